The van der Waals surface area contributed by atoms with Crippen LogP contribution in [-0.2, 0) is 4.79 Å². The SMILES string of the molecule is O=C1C=CC[C@@H]1O. The first kappa shape index (κ1) is 4.53. The molecule has 1 N–H and O–H groups in total. The van der Waals surface area contributed by atoms with E-state index in [4.69, 9.17) is 5.11 Å². The van der Waals surface area contributed by atoms with Crippen molar-refractivity contribution in [3.05, 3.63) is 12.2 Å². The van der Waals surface area contributed by atoms with E-state index >= 15 is 0 Å². The summed E-state index contributed by atoms with van der Waals surface area (Å²) in [4.78, 5) is 10.2. The van der Waals surface area contributed by atoms with Gasteiger partial charge in [0.05, 0.1) is 0 Å². The number of carbonyl (C=O) groups is 1. The molecule has 7 heavy (non-hydrogen) atoms. The van der Waals surface area contributed by atoms with E-state index in [1.165, 1.54) is 6.08 Å². The van der Waals surface area contributed by atoms with Crippen LogP contribution in [0.4, 0.5) is 0 Å². The maximum Gasteiger partial charge on any atom is 0.184 e. The van der Waals surface area contributed by atoms with Crippen molar-refractivity contribution in [3.8, 4) is 0 Å². The Bertz CT molecular complexity index is 115. The lowest BCUT2D eigenvalue weighted by Gasteiger charge is -1.91. The van der Waals surface area contributed by atoms with Crippen LogP contribution in [0.15, 0.2) is 12.2 Å². The lowest BCUT2D eigenvalue weighted by atomic mass is 10.3. The van der Waals surface area contributed by atoms with Crippen LogP contribution in [0.1, 0.15) is 6.42 Å². The van der Waals surface area contributed by atoms with E-state index in [1.807, 2.05) is 0 Å². The standard InChI is InChI=1S/C5H6O2/c6-4-2-1-3-5(4)7/h1-2,5,7H,3H2/t5-/m0/s1. The molecule has 0 fully saturated rings. The summed E-state index contributed by atoms with van der Waals surface area (Å²) in [5, 5.41) is 8.59. The normalized spacial score (nSPS) is 29.3. The number of hydrogen-bond acceptors (Lipinski definition) is 2. The molecule has 1 rings (SSSR count). The lowest BCUT2D eigenvalue weighted by Crippen LogP contribution is -2.10. The fraction of sp³-hybridized carbons (Fsp3) is 0.400. The van der Waals surface area contributed by atoms with Crippen molar-refractivity contribution >= 4 is 5.78 Å². The second-order valence-corrected chi connectivity index (χ2v) is 1.56. The van der Waals surface area contributed by atoms with Crippen LogP contribution in [0, 0.1) is 0 Å². The maximum atomic E-state index is 10.2. The maximum absolute atomic E-state index is 10.2. The van der Waals surface area contributed by atoms with Gasteiger partial charge < -0.3 is 5.11 Å². The van der Waals surface area contributed by atoms with Crippen molar-refractivity contribution in [2.75, 3.05) is 0 Å². The minimum absolute atomic E-state index is 0.167. The highest BCUT2D eigenvalue weighted by atomic mass is 16.3. The molecule has 1 aliphatic rings. The van der Waals surface area contributed by atoms with Gasteiger partial charge in [-0.05, 0) is 12.5 Å². The van der Waals surface area contributed by atoms with E-state index in [1.54, 1.807) is 6.08 Å². The van der Waals surface area contributed by atoms with Crippen molar-refractivity contribution in [3.63, 3.8) is 0 Å². The largest absolute Gasteiger partial charge is 0.385 e. The van der Waals surface area contributed by atoms with E-state index in [0.717, 1.165) is 0 Å². The van der Waals surface area contributed by atoms with Gasteiger partial charge in [0.15, 0.2) is 5.78 Å². The molecule has 0 saturated heterocycles. The van der Waals surface area contributed by atoms with Crippen LogP contribution in [0.5, 0.6) is 0 Å². The van der Waals surface area contributed by atoms with Crippen molar-refractivity contribution < 1.29 is 9.90 Å². The van der Waals surface area contributed by atoms with Crippen molar-refractivity contribution in [1.29, 1.82) is 0 Å². The number of carbonyl (C=O) groups excluding carboxylic acids is 1. The highest BCUT2D eigenvalue weighted by Crippen LogP contribution is 2.03. The average Bonchev–Trinajstić information content (AvgIpc) is 1.91. The Morgan fingerprint density at radius 3 is 2.71 bits per heavy atom. The Labute approximate surface area is 41.5 Å². The summed E-state index contributed by atoms with van der Waals surface area (Å²) in [5.41, 5.74) is 0. The first-order chi connectivity index (χ1) is 3.30. The minimum atomic E-state index is -0.736. The Morgan fingerprint density at radius 2 is 2.57 bits per heavy atom. The molecular formula is C5H6O2. The molecule has 0 saturated carbocycles. The molecule has 0 aromatic heterocycles. The van der Waals surface area contributed by atoms with Crippen molar-refractivity contribution in [2.45, 2.75) is 12.5 Å². The van der Waals surface area contributed by atoms with Gasteiger partial charge in [-0.2, -0.15) is 0 Å². The zero-order chi connectivity index (χ0) is 5.28. The van der Waals surface area contributed by atoms with Gasteiger partial charge in [-0.25, -0.2) is 0 Å². The molecule has 0 heterocycles. The number of aliphatic hydroxyl groups excluding tert-OH is 1. The zero-order valence-corrected chi connectivity index (χ0v) is 3.79. The number of rotatable bonds is 0. The third kappa shape index (κ3) is 0.695. The highest BCUT2D eigenvalue weighted by molar-refractivity contribution is 5.95. The molecule has 2 nitrogen and oxygen atoms in total. The monoisotopic (exact) mass is 98.0 g/mol. The third-order valence-electron chi connectivity index (χ3n) is 0.970. The zero-order valence-electron chi connectivity index (χ0n) is 3.79. The molecule has 0 aromatic rings. The van der Waals surface area contributed by atoms with Gasteiger partial charge >= 0.3 is 0 Å². The van der Waals surface area contributed by atoms with E-state index in [9.17, 15) is 4.79 Å². The molecule has 1 atom stereocenters. The average molecular weight is 98.1 g/mol. The number of hydrogen-bond donors (Lipinski definition) is 1. The predicted molar refractivity (Wildman–Crippen MR) is 24.8 cm³/mol. The van der Waals surface area contributed by atoms with E-state index in [0.29, 0.717) is 6.42 Å². The van der Waals surface area contributed by atoms with Crippen LogP contribution in [-0.4, -0.2) is 17.0 Å². The second kappa shape index (κ2) is 1.46. The van der Waals surface area contributed by atoms with Gasteiger partial charge in [-0.1, -0.05) is 6.08 Å². The number of aliphatic hydroxyl groups is 1. The topological polar surface area (TPSA) is 37.3 Å². The molecule has 0 aromatic carbocycles. The summed E-state index contributed by atoms with van der Waals surface area (Å²) in [6, 6.07) is 0. The summed E-state index contributed by atoms with van der Waals surface area (Å²) < 4.78 is 0. The van der Waals surface area contributed by atoms with Crippen LogP contribution in [0.2, 0.25) is 0 Å². The first-order valence-corrected chi connectivity index (χ1v) is 2.19. The van der Waals surface area contributed by atoms with Gasteiger partial charge in [0, 0.05) is 0 Å². The highest BCUT2D eigenvalue weighted by Gasteiger charge is 2.14. The Hall–Kier alpha value is -0.630. The third-order valence-corrected chi connectivity index (χ3v) is 0.970. The van der Waals surface area contributed by atoms with Gasteiger partial charge in [0.25, 0.3) is 0 Å². The summed E-state index contributed by atoms with van der Waals surface area (Å²) in [6.07, 6.45) is 2.84. The van der Waals surface area contributed by atoms with Gasteiger partial charge in [-0.15, -0.1) is 0 Å². The van der Waals surface area contributed by atoms with E-state index in [2.05, 4.69) is 0 Å². The summed E-state index contributed by atoms with van der Waals surface area (Å²) >= 11 is 0. The van der Waals surface area contributed by atoms with Crippen LogP contribution in [0.25, 0.3) is 0 Å². The summed E-state index contributed by atoms with van der Waals surface area (Å²) in [6.45, 7) is 0. The smallest absolute Gasteiger partial charge is 0.184 e. The first-order valence-electron chi connectivity index (χ1n) is 2.19. The summed E-state index contributed by atoms with van der Waals surface area (Å²) in [5.74, 6) is -0.167. The van der Waals surface area contributed by atoms with E-state index in [-0.39, 0.29) is 5.78 Å². The van der Waals surface area contributed by atoms with Gasteiger partial charge in [0.1, 0.15) is 6.10 Å². The molecule has 0 radical (unpaired) electrons. The lowest BCUT2D eigenvalue weighted by molar-refractivity contribution is -0.121. The quantitative estimate of drug-likeness (QED) is 0.458. The molecule has 0 unspecified atom stereocenters. The van der Waals surface area contributed by atoms with Crippen LogP contribution < -0.4 is 0 Å². The Morgan fingerprint density at radius 1 is 1.86 bits per heavy atom. The Kier molecular flexibility index (Phi) is 0.947. The van der Waals surface area contributed by atoms with Crippen molar-refractivity contribution in [2.24, 2.45) is 0 Å². The molecule has 0 spiro atoms. The van der Waals surface area contributed by atoms with Gasteiger partial charge in [0.2, 0.25) is 0 Å². The predicted octanol–water partition coefficient (Wildman–Crippen LogP) is -0.124. The fourth-order valence-corrected chi connectivity index (χ4v) is 0.540. The minimum Gasteiger partial charge on any atom is -0.385 e. The van der Waals surface area contributed by atoms with Crippen LogP contribution in [0.3, 0.4) is 0 Å². The number of ketones is 1. The molecule has 0 aliphatic heterocycles. The van der Waals surface area contributed by atoms with Gasteiger partial charge in [-0.3, -0.25) is 4.79 Å². The van der Waals surface area contributed by atoms with Crippen LogP contribution >= 0.6 is 0 Å². The second-order valence-electron chi connectivity index (χ2n) is 1.56. The van der Waals surface area contributed by atoms with Crippen molar-refractivity contribution in [1.82, 2.24) is 0 Å². The molecule has 1 aliphatic carbocycles. The summed E-state index contributed by atoms with van der Waals surface area (Å²) in [7, 11) is 0. The Balaban J connectivity index is 2.62. The fourth-order valence-electron chi connectivity index (χ4n) is 0.540. The molecule has 0 amide bonds. The molecule has 0 bridgehead atoms. The molecule has 2 heteroatoms. The molecular weight excluding hydrogens is 92.1 g/mol. The molecule has 38 valence electrons. The van der Waals surface area contributed by atoms with E-state index < -0.39 is 6.10 Å².